The standard InChI is InChI=1S/C18H22N2O/c1-15-2-4-16(5-3-15)14-21-18-8-6-17(7-9-18)20-12-10-19-11-13-20/h2-9,19H,10-14H2,1H3. The van der Waals surface area contributed by atoms with E-state index in [4.69, 9.17) is 4.74 Å². The van der Waals surface area contributed by atoms with E-state index in [1.165, 1.54) is 16.8 Å². The number of hydrogen-bond acceptors (Lipinski definition) is 3. The van der Waals surface area contributed by atoms with Crippen molar-refractivity contribution in [2.24, 2.45) is 0 Å². The molecular weight excluding hydrogens is 260 g/mol. The molecule has 0 bridgehead atoms. The first kappa shape index (κ1) is 14.0. The van der Waals surface area contributed by atoms with Crippen molar-refractivity contribution < 1.29 is 4.74 Å². The van der Waals surface area contributed by atoms with Crippen molar-refractivity contribution in [3.8, 4) is 5.75 Å². The van der Waals surface area contributed by atoms with Crippen molar-refractivity contribution in [3.63, 3.8) is 0 Å². The van der Waals surface area contributed by atoms with E-state index in [1.54, 1.807) is 0 Å². The van der Waals surface area contributed by atoms with E-state index < -0.39 is 0 Å². The van der Waals surface area contributed by atoms with Gasteiger partial charge in [-0.2, -0.15) is 0 Å². The Labute approximate surface area is 126 Å². The van der Waals surface area contributed by atoms with E-state index in [2.05, 4.69) is 65.7 Å². The summed E-state index contributed by atoms with van der Waals surface area (Å²) in [6, 6.07) is 16.9. The zero-order valence-corrected chi connectivity index (χ0v) is 12.5. The van der Waals surface area contributed by atoms with Crippen molar-refractivity contribution in [2.45, 2.75) is 13.5 Å². The van der Waals surface area contributed by atoms with Gasteiger partial charge in [0.15, 0.2) is 0 Å². The predicted molar refractivity (Wildman–Crippen MR) is 87.0 cm³/mol. The highest BCUT2D eigenvalue weighted by Crippen LogP contribution is 2.20. The van der Waals surface area contributed by atoms with Gasteiger partial charge in [0.2, 0.25) is 0 Å². The maximum Gasteiger partial charge on any atom is 0.119 e. The second-order valence-corrected chi connectivity index (χ2v) is 5.51. The molecule has 2 aromatic rings. The van der Waals surface area contributed by atoms with E-state index >= 15 is 0 Å². The molecule has 21 heavy (non-hydrogen) atoms. The van der Waals surface area contributed by atoms with Crippen LogP contribution < -0.4 is 15.0 Å². The molecule has 3 nitrogen and oxygen atoms in total. The van der Waals surface area contributed by atoms with Crippen LogP contribution in [0.2, 0.25) is 0 Å². The predicted octanol–water partition coefficient (Wildman–Crippen LogP) is 2.98. The molecule has 1 saturated heterocycles. The molecule has 0 aromatic heterocycles. The number of nitrogens with zero attached hydrogens (tertiary/aromatic N) is 1. The second kappa shape index (κ2) is 6.64. The molecule has 0 unspecified atom stereocenters. The summed E-state index contributed by atoms with van der Waals surface area (Å²) < 4.78 is 5.84. The van der Waals surface area contributed by atoms with Crippen LogP contribution in [0.1, 0.15) is 11.1 Å². The molecule has 0 spiro atoms. The van der Waals surface area contributed by atoms with E-state index in [9.17, 15) is 0 Å². The highest BCUT2D eigenvalue weighted by atomic mass is 16.5. The number of anilines is 1. The molecule has 0 amide bonds. The van der Waals surface area contributed by atoms with E-state index in [1.807, 2.05) is 0 Å². The van der Waals surface area contributed by atoms with Crippen LogP contribution >= 0.6 is 0 Å². The molecule has 1 fully saturated rings. The Bertz CT molecular complexity index is 557. The molecule has 1 heterocycles. The lowest BCUT2D eigenvalue weighted by Crippen LogP contribution is -2.43. The average Bonchev–Trinajstić information content (AvgIpc) is 2.56. The summed E-state index contributed by atoms with van der Waals surface area (Å²) >= 11 is 0. The van der Waals surface area contributed by atoms with Gasteiger partial charge < -0.3 is 15.0 Å². The zero-order valence-electron chi connectivity index (χ0n) is 12.5. The van der Waals surface area contributed by atoms with E-state index in [-0.39, 0.29) is 0 Å². The van der Waals surface area contributed by atoms with Crippen molar-refractivity contribution >= 4 is 5.69 Å². The van der Waals surface area contributed by atoms with Crippen LogP contribution in [0.15, 0.2) is 48.5 Å². The Morgan fingerprint density at radius 2 is 1.62 bits per heavy atom. The summed E-state index contributed by atoms with van der Waals surface area (Å²) in [6.45, 7) is 6.98. The van der Waals surface area contributed by atoms with Crippen LogP contribution in [0.3, 0.4) is 0 Å². The van der Waals surface area contributed by atoms with Crippen molar-refractivity contribution in [2.75, 3.05) is 31.1 Å². The van der Waals surface area contributed by atoms with Crippen LogP contribution in [-0.4, -0.2) is 26.2 Å². The van der Waals surface area contributed by atoms with Gasteiger partial charge in [0, 0.05) is 31.9 Å². The number of rotatable bonds is 4. The first-order valence-corrected chi connectivity index (χ1v) is 7.55. The molecule has 0 atom stereocenters. The minimum absolute atomic E-state index is 0.618. The molecule has 1 aliphatic rings. The fourth-order valence-corrected chi connectivity index (χ4v) is 2.53. The van der Waals surface area contributed by atoms with Gasteiger partial charge in [0.1, 0.15) is 12.4 Å². The maximum atomic E-state index is 5.84. The molecule has 0 saturated carbocycles. The minimum atomic E-state index is 0.618. The van der Waals surface area contributed by atoms with Gasteiger partial charge in [-0.1, -0.05) is 29.8 Å². The van der Waals surface area contributed by atoms with Crippen LogP contribution in [0.25, 0.3) is 0 Å². The first-order chi connectivity index (χ1) is 10.3. The Morgan fingerprint density at radius 1 is 0.952 bits per heavy atom. The summed E-state index contributed by atoms with van der Waals surface area (Å²) in [5.74, 6) is 0.925. The number of benzene rings is 2. The lowest BCUT2D eigenvalue weighted by atomic mass is 10.2. The summed E-state index contributed by atoms with van der Waals surface area (Å²) in [5, 5.41) is 3.37. The Kier molecular flexibility index (Phi) is 4.41. The molecule has 110 valence electrons. The lowest BCUT2D eigenvalue weighted by Gasteiger charge is -2.29. The van der Waals surface area contributed by atoms with Crippen molar-refractivity contribution in [3.05, 3.63) is 59.7 Å². The van der Waals surface area contributed by atoms with Gasteiger partial charge in [-0.05, 0) is 36.8 Å². The fraction of sp³-hybridized carbons (Fsp3) is 0.333. The highest BCUT2D eigenvalue weighted by molar-refractivity contribution is 5.49. The smallest absolute Gasteiger partial charge is 0.119 e. The van der Waals surface area contributed by atoms with Crippen LogP contribution in [0.4, 0.5) is 5.69 Å². The lowest BCUT2D eigenvalue weighted by molar-refractivity contribution is 0.306. The minimum Gasteiger partial charge on any atom is -0.489 e. The molecule has 1 aliphatic heterocycles. The van der Waals surface area contributed by atoms with Crippen molar-refractivity contribution in [1.29, 1.82) is 0 Å². The maximum absolute atomic E-state index is 5.84. The zero-order chi connectivity index (χ0) is 14.5. The van der Waals surface area contributed by atoms with Crippen LogP contribution in [-0.2, 0) is 6.61 Å². The molecule has 1 N–H and O–H groups in total. The SMILES string of the molecule is Cc1ccc(COc2ccc(N3CCNCC3)cc2)cc1. The van der Waals surface area contributed by atoms with Crippen molar-refractivity contribution in [1.82, 2.24) is 5.32 Å². The number of hydrogen-bond donors (Lipinski definition) is 1. The number of ether oxygens (including phenoxy) is 1. The number of aryl methyl sites for hydroxylation is 1. The van der Waals surface area contributed by atoms with Crippen LogP contribution in [0, 0.1) is 6.92 Å². The number of nitrogens with one attached hydrogen (secondary N) is 1. The largest absolute Gasteiger partial charge is 0.489 e. The molecular formula is C18H22N2O. The number of piperazine rings is 1. The van der Waals surface area contributed by atoms with Gasteiger partial charge in [-0.25, -0.2) is 0 Å². The van der Waals surface area contributed by atoms with E-state index in [0.29, 0.717) is 6.61 Å². The Balaban J connectivity index is 1.57. The topological polar surface area (TPSA) is 24.5 Å². The molecule has 3 rings (SSSR count). The normalized spacial score (nSPS) is 15.0. The summed E-state index contributed by atoms with van der Waals surface area (Å²) in [5.41, 5.74) is 3.75. The third-order valence-electron chi connectivity index (χ3n) is 3.84. The third-order valence-corrected chi connectivity index (χ3v) is 3.84. The molecule has 3 heteroatoms. The van der Waals surface area contributed by atoms with Gasteiger partial charge >= 0.3 is 0 Å². The fourth-order valence-electron chi connectivity index (χ4n) is 2.53. The van der Waals surface area contributed by atoms with Gasteiger partial charge in [0.25, 0.3) is 0 Å². The Morgan fingerprint density at radius 3 is 2.29 bits per heavy atom. The highest BCUT2D eigenvalue weighted by Gasteiger charge is 2.09. The van der Waals surface area contributed by atoms with Gasteiger partial charge in [-0.3, -0.25) is 0 Å². The quantitative estimate of drug-likeness (QED) is 0.933. The molecule has 2 aromatic carbocycles. The average molecular weight is 282 g/mol. The van der Waals surface area contributed by atoms with Gasteiger partial charge in [0.05, 0.1) is 0 Å². The third kappa shape index (κ3) is 3.76. The Hall–Kier alpha value is -2.00. The monoisotopic (exact) mass is 282 g/mol. The molecule has 0 radical (unpaired) electrons. The summed E-state index contributed by atoms with van der Waals surface area (Å²) in [7, 11) is 0. The first-order valence-electron chi connectivity index (χ1n) is 7.55. The molecule has 0 aliphatic carbocycles. The summed E-state index contributed by atoms with van der Waals surface area (Å²) in [6.07, 6.45) is 0. The van der Waals surface area contributed by atoms with E-state index in [0.717, 1.165) is 31.9 Å². The van der Waals surface area contributed by atoms with Gasteiger partial charge in [-0.15, -0.1) is 0 Å². The second-order valence-electron chi connectivity index (χ2n) is 5.51. The summed E-state index contributed by atoms with van der Waals surface area (Å²) in [4.78, 5) is 2.40. The van der Waals surface area contributed by atoms with Crippen LogP contribution in [0.5, 0.6) is 5.75 Å².